The number of morpholine rings is 1. The van der Waals surface area contributed by atoms with Gasteiger partial charge in [-0.2, -0.15) is 0 Å². The van der Waals surface area contributed by atoms with Gasteiger partial charge in [-0.3, -0.25) is 0 Å². The van der Waals surface area contributed by atoms with Gasteiger partial charge < -0.3 is 20.1 Å². The number of hydrogen-bond acceptors (Lipinski definition) is 4. The van der Waals surface area contributed by atoms with E-state index in [9.17, 15) is 5.11 Å². The molecule has 1 saturated heterocycles. The Morgan fingerprint density at radius 2 is 2.14 bits per heavy atom. The molecule has 0 spiro atoms. The molecule has 21 heavy (non-hydrogen) atoms. The average Bonchev–Trinajstić information content (AvgIpc) is 2.44. The van der Waals surface area contributed by atoms with Crippen molar-refractivity contribution in [2.75, 3.05) is 31.3 Å². The predicted octanol–water partition coefficient (Wildman–Crippen LogP) is 2.08. The van der Waals surface area contributed by atoms with Gasteiger partial charge in [0.2, 0.25) is 0 Å². The number of aryl methyl sites for hydroxylation is 1. The minimum Gasteiger partial charge on any atom is -0.394 e. The van der Waals surface area contributed by atoms with E-state index in [0.29, 0.717) is 6.61 Å². The van der Waals surface area contributed by atoms with Gasteiger partial charge in [0, 0.05) is 24.3 Å². The second-order valence-electron chi connectivity index (χ2n) is 6.83. The number of aliphatic hydroxyl groups is 1. The third-order valence-electron chi connectivity index (χ3n) is 3.83. The van der Waals surface area contributed by atoms with E-state index in [1.54, 1.807) is 0 Å². The van der Waals surface area contributed by atoms with Gasteiger partial charge in [0.25, 0.3) is 0 Å². The maximum Gasteiger partial charge on any atom is 0.0755 e. The largest absolute Gasteiger partial charge is 0.394 e. The van der Waals surface area contributed by atoms with Crippen LogP contribution >= 0.6 is 0 Å². The molecule has 0 aliphatic carbocycles. The molecular weight excluding hydrogens is 264 g/mol. The highest BCUT2D eigenvalue weighted by Gasteiger charge is 2.23. The molecule has 0 amide bonds. The van der Waals surface area contributed by atoms with E-state index in [2.05, 4.69) is 56.1 Å². The van der Waals surface area contributed by atoms with Crippen molar-refractivity contribution in [3.63, 3.8) is 0 Å². The van der Waals surface area contributed by atoms with Crippen LogP contribution in [0.25, 0.3) is 0 Å². The third kappa shape index (κ3) is 4.43. The molecule has 0 radical (unpaired) electrons. The normalized spacial score (nSPS) is 19.9. The summed E-state index contributed by atoms with van der Waals surface area (Å²) in [5, 5.41) is 13.0. The van der Waals surface area contributed by atoms with Gasteiger partial charge >= 0.3 is 0 Å². The van der Waals surface area contributed by atoms with Gasteiger partial charge in [-0.25, -0.2) is 0 Å². The Balaban J connectivity index is 2.11. The second-order valence-corrected chi connectivity index (χ2v) is 6.83. The lowest BCUT2D eigenvalue weighted by atomic mass is 10.0. The molecule has 1 heterocycles. The fraction of sp³-hybridized carbons (Fsp3) is 0.647. The molecule has 1 aliphatic heterocycles. The van der Waals surface area contributed by atoms with Crippen molar-refractivity contribution >= 4 is 5.69 Å². The van der Waals surface area contributed by atoms with Crippen LogP contribution in [0.3, 0.4) is 0 Å². The highest BCUT2D eigenvalue weighted by atomic mass is 16.5. The molecule has 0 bridgehead atoms. The minimum absolute atomic E-state index is 0.0657. The van der Waals surface area contributed by atoms with Crippen LogP contribution in [0.15, 0.2) is 18.2 Å². The number of rotatable bonds is 4. The summed E-state index contributed by atoms with van der Waals surface area (Å²) in [5.74, 6) is 0. The molecule has 1 fully saturated rings. The number of hydrogen-bond donors (Lipinski definition) is 2. The molecule has 1 aromatic rings. The Morgan fingerprint density at radius 1 is 1.38 bits per heavy atom. The molecule has 1 atom stereocenters. The van der Waals surface area contributed by atoms with Gasteiger partial charge in [0.05, 0.1) is 25.9 Å². The molecule has 1 aliphatic rings. The third-order valence-corrected chi connectivity index (χ3v) is 3.83. The Labute approximate surface area is 128 Å². The van der Waals surface area contributed by atoms with Crippen LogP contribution in [0.4, 0.5) is 5.69 Å². The average molecular weight is 292 g/mol. The lowest BCUT2D eigenvalue weighted by Gasteiger charge is -2.37. The quantitative estimate of drug-likeness (QED) is 0.892. The van der Waals surface area contributed by atoms with E-state index in [-0.39, 0.29) is 18.2 Å². The van der Waals surface area contributed by atoms with E-state index in [0.717, 1.165) is 19.7 Å². The summed E-state index contributed by atoms with van der Waals surface area (Å²) in [6.45, 7) is 11.8. The number of aliphatic hydroxyl groups excluding tert-OH is 1. The smallest absolute Gasteiger partial charge is 0.0755 e. The molecule has 4 nitrogen and oxygen atoms in total. The highest BCUT2D eigenvalue weighted by Crippen LogP contribution is 2.25. The summed E-state index contributed by atoms with van der Waals surface area (Å²) in [7, 11) is 0. The van der Waals surface area contributed by atoms with Crippen molar-refractivity contribution in [3.05, 3.63) is 29.3 Å². The van der Waals surface area contributed by atoms with Crippen molar-refractivity contribution in [1.29, 1.82) is 0 Å². The first-order valence-corrected chi connectivity index (χ1v) is 7.70. The Morgan fingerprint density at radius 3 is 2.76 bits per heavy atom. The fourth-order valence-corrected chi connectivity index (χ4v) is 2.64. The van der Waals surface area contributed by atoms with Crippen LogP contribution in [0.5, 0.6) is 0 Å². The van der Waals surface area contributed by atoms with Crippen molar-refractivity contribution in [1.82, 2.24) is 5.32 Å². The van der Waals surface area contributed by atoms with Gasteiger partial charge in [-0.15, -0.1) is 0 Å². The molecule has 118 valence electrons. The second kappa shape index (κ2) is 6.77. The standard InChI is InChI=1S/C17H28N2O2/c1-13-9-14(10-18-17(2,3)4)5-6-16(13)19-7-8-21-12-15(19)11-20/h5-6,9,15,18,20H,7-8,10-12H2,1-4H3. The summed E-state index contributed by atoms with van der Waals surface area (Å²) in [5.41, 5.74) is 3.87. The molecule has 2 rings (SSSR count). The van der Waals surface area contributed by atoms with Gasteiger partial charge in [0.15, 0.2) is 0 Å². The van der Waals surface area contributed by atoms with Crippen LogP contribution in [0, 0.1) is 6.92 Å². The molecule has 0 saturated carbocycles. The number of ether oxygens (including phenoxy) is 1. The number of nitrogens with one attached hydrogen (secondary N) is 1. The summed E-state index contributed by atoms with van der Waals surface area (Å²) in [4.78, 5) is 2.26. The summed E-state index contributed by atoms with van der Waals surface area (Å²) < 4.78 is 5.45. The zero-order chi connectivity index (χ0) is 15.5. The topological polar surface area (TPSA) is 44.7 Å². The summed E-state index contributed by atoms with van der Waals surface area (Å²) in [6.07, 6.45) is 0. The lowest BCUT2D eigenvalue weighted by molar-refractivity contribution is 0.0726. The Kier molecular flexibility index (Phi) is 5.25. The SMILES string of the molecule is Cc1cc(CNC(C)(C)C)ccc1N1CCOCC1CO. The minimum atomic E-state index is 0.0657. The van der Waals surface area contributed by atoms with Crippen molar-refractivity contribution in [2.24, 2.45) is 0 Å². The lowest BCUT2D eigenvalue weighted by Crippen LogP contribution is -2.48. The van der Waals surface area contributed by atoms with E-state index >= 15 is 0 Å². The first kappa shape index (κ1) is 16.3. The number of benzene rings is 1. The first-order valence-electron chi connectivity index (χ1n) is 7.70. The van der Waals surface area contributed by atoms with Gasteiger partial charge in [-0.05, 0) is 44.9 Å². The maximum atomic E-state index is 9.51. The van der Waals surface area contributed by atoms with Crippen molar-refractivity contribution in [2.45, 2.75) is 45.8 Å². The van der Waals surface area contributed by atoms with Gasteiger partial charge in [-0.1, -0.05) is 12.1 Å². The van der Waals surface area contributed by atoms with Crippen LogP contribution in [0.2, 0.25) is 0 Å². The molecule has 1 aromatic carbocycles. The first-order chi connectivity index (χ1) is 9.90. The van der Waals surface area contributed by atoms with E-state index in [1.807, 2.05) is 0 Å². The van der Waals surface area contributed by atoms with Crippen LogP contribution < -0.4 is 10.2 Å². The maximum absolute atomic E-state index is 9.51. The Hall–Kier alpha value is -1.10. The summed E-state index contributed by atoms with van der Waals surface area (Å²) >= 11 is 0. The molecule has 2 N–H and O–H groups in total. The van der Waals surface area contributed by atoms with E-state index < -0.39 is 0 Å². The van der Waals surface area contributed by atoms with Crippen LogP contribution in [-0.2, 0) is 11.3 Å². The van der Waals surface area contributed by atoms with Gasteiger partial charge in [0.1, 0.15) is 0 Å². The number of nitrogens with zero attached hydrogens (tertiary/aromatic N) is 1. The van der Waals surface area contributed by atoms with E-state index in [1.165, 1.54) is 16.8 Å². The molecule has 4 heteroatoms. The fourth-order valence-electron chi connectivity index (χ4n) is 2.64. The van der Waals surface area contributed by atoms with E-state index in [4.69, 9.17) is 4.74 Å². The molecular formula is C17H28N2O2. The zero-order valence-corrected chi connectivity index (χ0v) is 13.6. The zero-order valence-electron chi connectivity index (χ0n) is 13.6. The highest BCUT2D eigenvalue weighted by molar-refractivity contribution is 5.55. The monoisotopic (exact) mass is 292 g/mol. The predicted molar refractivity (Wildman–Crippen MR) is 86.8 cm³/mol. The summed E-state index contributed by atoms with van der Waals surface area (Å²) in [6, 6.07) is 6.64. The van der Waals surface area contributed by atoms with Crippen molar-refractivity contribution in [3.8, 4) is 0 Å². The van der Waals surface area contributed by atoms with Crippen LogP contribution in [0.1, 0.15) is 31.9 Å². The van der Waals surface area contributed by atoms with Crippen molar-refractivity contribution < 1.29 is 9.84 Å². The number of anilines is 1. The Bertz CT molecular complexity index is 468. The van der Waals surface area contributed by atoms with Crippen LogP contribution in [-0.4, -0.2) is 43.1 Å². The molecule has 0 aromatic heterocycles. The molecule has 1 unspecified atom stereocenters.